The molecule has 0 unspecified atom stereocenters. The molecule has 0 aromatic heterocycles. The molecule has 1 aliphatic heterocycles. The summed E-state index contributed by atoms with van der Waals surface area (Å²) >= 11 is 12.0. The lowest BCUT2D eigenvalue weighted by molar-refractivity contribution is 0.102. The molecule has 1 aliphatic rings. The molecule has 3 rings (SSSR count). The van der Waals surface area contributed by atoms with Gasteiger partial charge in [0.2, 0.25) is 0 Å². The summed E-state index contributed by atoms with van der Waals surface area (Å²) < 4.78 is 0. The summed E-state index contributed by atoms with van der Waals surface area (Å²) in [6, 6.07) is 12.9. The van der Waals surface area contributed by atoms with Gasteiger partial charge in [0, 0.05) is 17.3 Å². The second-order valence-electron chi connectivity index (χ2n) is 6.73. The van der Waals surface area contributed by atoms with Gasteiger partial charge in [-0.2, -0.15) is 0 Å². The lowest BCUT2D eigenvalue weighted by atomic mass is 9.99. The predicted octanol–water partition coefficient (Wildman–Crippen LogP) is 5.48. The standard InChI is InChI=1S/C20H22Cl2N2O/c1-14-8-10-24(11-9-14)13-15-2-5-17(6-3-15)23-20(25)18-7-4-16(21)12-19(18)22/h2-7,12,14H,8-11,13H2,1H3,(H,23,25). The van der Waals surface area contributed by atoms with E-state index in [-0.39, 0.29) is 5.91 Å². The fourth-order valence-electron chi connectivity index (χ4n) is 3.04. The van der Waals surface area contributed by atoms with E-state index in [1.165, 1.54) is 18.4 Å². The van der Waals surface area contributed by atoms with Gasteiger partial charge in [-0.1, -0.05) is 42.3 Å². The van der Waals surface area contributed by atoms with Crippen molar-refractivity contribution in [3.05, 3.63) is 63.6 Å². The first-order chi connectivity index (χ1) is 12.0. The van der Waals surface area contributed by atoms with Gasteiger partial charge in [-0.3, -0.25) is 9.69 Å². The Hall–Kier alpha value is -1.55. The first kappa shape index (κ1) is 18.2. The Morgan fingerprint density at radius 3 is 2.44 bits per heavy atom. The van der Waals surface area contributed by atoms with Crippen LogP contribution in [0.3, 0.4) is 0 Å². The van der Waals surface area contributed by atoms with Gasteiger partial charge < -0.3 is 5.32 Å². The molecule has 2 aromatic rings. The van der Waals surface area contributed by atoms with Crippen LogP contribution < -0.4 is 5.32 Å². The second kappa shape index (κ2) is 8.22. The third-order valence-corrected chi connectivity index (χ3v) is 5.22. The Morgan fingerprint density at radius 2 is 1.80 bits per heavy atom. The molecule has 3 nitrogen and oxygen atoms in total. The van der Waals surface area contributed by atoms with Crippen LogP contribution >= 0.6 is 23.2 Å². The Bertz CT molecular complexity index is 738. The molecule has 0 aliphatic carbocycles. The van der Waals surface area contributed by atoms with Crippen LogP contribution in [0.5, 0.6) is 0 Å². The summed E-state index contributed by atoms with van der Waals surface area (Å²) in [6.07, 6.45) is 2.55. The maximum absolute atomic E-state index is 12.3. The van der Waals surface area contributed by atoms with Crippen molar-refractivity contribution >= 4 is 34.8 Å². The Kier molecular flexibility index (Phi) is 6.00. The van der Waals surface area contributed by atoms with Crippen molar-refractivity contribution in [1.82, 2.24) is 4.90 Å². The highest BCUT2D eigenvalue weighted by molar-refractivity contribution is 6.37. The first-order valence-electron chi connectivity index (χ1n) is 8.59. The number of hydrogen-bond donors (Lipinski definition) is 1. The van der Waals surface area contributed by atoms with Gasteiger partial charge in [0.1, 0.15) is 0 Å². The van der Waals surface area contributed by atoms with Crippen molar-refractivity contribution in [3.8, 4) is 0 Å². The normalized spacial score (nSPS) is 16.0. The van der Waals surface area contributed by atoms with Gasteiger partial charge in [0.05, 0.1) is 10.6 Å². The molecule has 1 saturated heterocycles. The molecule has 0 atom stereocenters. The van der Waals surface area contributed by atoms with E-state index in [9.17, 15) is 4.79 Å². The van der Waals surface area contributed by atoms with Crippen LogP contribution in [0, 0.1) is 5.92 Å². The minimum absolute atomic E-state index is 0.237. The third-order valence-electron chi connectivity index (χ3n) is 4.67. The second-order valence-corrected chi connectivity index (χ2v) is 7.58. The van der Waals surface area contributed by atoms with E-state index >= 15 is 0 Å². The molecule has 0 radical (unpaired) electrons. The predicted molar refractivity (Wildman–Crippen MR) is 105 cm³/mol. The number of carbonyl (C=O) groups is 1. The van der Waals surface area contributed by atoms with Crippen LogP contribution in [0.2, 0.25) is 10.0 Å². The average molecular weight is 377 g/mol. The molecule has 132 valence electrons. The van der Waals surface area contributed by atoms with Crippen molar-refractivity contribution in [2.75, 3.05) is 18.4 Å². The van der Waals surface area contributed by atoms with Gasteiger partial charge in [0.15, 0.2) is 0 Å². The smallest absolute Gasteiger partial charge is 0.257 e. The average Bonchev–Trinajstić information content (AvgIpc) is 2.58. The van der Waals surface area contributed by atoms with Crippen molar-refractivity contribution in [2.45, 2.75) is 26.3 Å². The molecule has 0 bridgehead atoms. The number of likely N-dealkylation sites (tertiary alicyclic amines) is 1. The number of hydrogen-bond acceptors (Lipinski definition) is 2. The number of rotatable bonds is 4. The first-order valence-corrected chi connectivity index (χ1v) is 9.34. The SMILES string of the molecule is CC1CCN(Cc2ccc(NC(=O)c3ccc(Cl)cc3Cl)cc2)CC1. The molecule has 25 heavy (non-hydrogen) atoms. The van der Waals surface area contributed by atoms with Gasteiger partial charge in [-0.25, -0.2) is 0 Å². The van der Waals surface area contributed by atoms with Crippen molar-refractivity contribution in [1.29, 1.82) is 0 Å². The maximum atomic E-state index is 12.3. The van der Waals surface area contributed by atoms with E-state index in [4.69, 9.17) is 23.2 Å². The highest BCUT2D eigenvalue weighted by atomic mass is 35.5. The molecule has 0 saturated carbocycles. The topological polar surface area (TPSA) is 32.3 Å². The molecule has 5 heteroatoms. The van der Waals surface area contributed by atoms with Gasteiger partial charge >= 0.3 is 0 Å². The Labute approximate surface area is 158 Å². The van der Waals surface area contributed by atoms with Gasteiger partial charge in [-0.05, 0) is 67.7 Å². The number of nitrogens with zero attached hydrogens (tertiary/aromatic N) is 1. The number of piperidine rings is 1. The number of halogens is 2. The summed E-state index contributed by atoms with van der Waals surface area (Å²) in [6.45, 7) is 5.61. The molecular formula is C20H22Cl2N2O. The Balaban J connectivity index is 1.59. The summed E-state index contributed by atoms with van der Waals surface area (Å²) in [5.41, 5.74) is 2.43. The zero-order valence-electron chi connectivity index (χ0n) is 14.3. The maximum Gasteiger partial charge on any atom is 0.257 e. The minimum atomic E-state index is -0.237. The van der Waals surface area contributed by atoms with Crippen molar-refractivity contribution in [3.63, 3.8) is 0 Å². The fourth-order valence-corrected chi connectivity index (χ4v) is 3.54. The molecule has 1 N–H and O–H groups in total. The van der Waals surface area contributed by atoms with E-state index in [1.807, 2.05) is 12.1 Å². The largest absolute Gasteiger partial charge is 0.322 e. The van der Waals surface area contributed by atoms with Gasteiger partial charge in [0.25, 0.3) is 5.91 Å². The van der Waals surface area contributed by atoms with Crippen LogP contribution in [0.4, 0.5) is 5.69 Å². The highest BCUT2D eigenvalue weighted by Gasteiger charge is 2.16. The van der Waals surface area contributed by atoms with Crippen molar-refractivity contribution in [2.24, 2.45) is 5.92 Å². The van der Waals surface area contributed by atoms with Crippen LogP contribution in [0.15, 0.2) is 42.5 Å². The number of benzene rings is 2. The molecule has 1 fully saturated rings. The van der Waals surface area contributed by atoms with E-state index in [1.54, 1.807) is 18.2 Å². The van der Waals surface area contributed by atoms with E-state index in [0.29, 0.717) is 15.6 Å². The number of nitrogens with one attached hydrogen (secondary N) is 1. The Morgan fingerprint density at radius 1 is 1.12 bits per heavy atom. The number of amides is 1. The van der Waals surface area contributed by atoms with Crippen molar-refractivity contribution < 1.29 is 4.79 Å². The summed E-state index contributed by atoms with van der Waals surface area (Å²) in [5.74, 6) is 0.605. The number of carbonyl (C=O) groups excluding carboxylic acids is 1. The summed E-state index contributed by atoms with van der Waals surface area (Å²) in [4.78, 5) is 14.8. The lowest BCUT2D eigenvalue weighted by Crippen LogP contribution is -2.32. The summed E-state index contributed by atoms with van der Waals surface area (Å²) in [7, 11) is 0. The lowest BCUT2D eigenvalue weighted by Gasteiger charge is -2.30. The van der Waals surface area contributed by atoms with Crippen LogP contribution in [-0.4, -0.2) is 23.9 Å². The summed E-state index contributed by atoms with van der Waals surface area (Å²) in [5, 5.41) is 3.74. The van der Waals surface area contributed by atoms with Crippen LogP contribution in [-0.2, 0) is 6.54 Å². The molecule has 1 heterocycles. The quantitative estimate of drug-likeness (QED) is 0.766. The number of anilines is 1. The highest BCUT2D eigenvalue weighted by Crippen LogP contribution is 2.23. The van der Waals surface area contributed by atoms with E-state index < -0.39 is 0 Å². The monoisotopic (exact) mass is 376 g/mol. The molecular weight excluding hydrogens is 355 g/mol. The molecule has 0 spiro atoms. The van der Waals surface area contributed by atoms with Gasteiger partial charge in [-0.15, -0.1) is 0 Å². The van der Waals surface area contributed by atoms with Crippen LogP contribution in [0.1, 0.15) is 35.7 Å². The molecule has 2 aromatic carbocycles. The zero-order valence-corrected chi connectivity index (χ0v) is 15.8. The third kappa shape index (κ3) is 4.97. The molecule has 1 amide bonds. The van der Waals surface area contributed by atoms with E-state index in [2.05, 4.69) is 29.3 Å². The minimum Gasteiger partial charge on any atom is -0.322 e. The zero-order chi connectivity index (χ0) is 17.8. The fraction of sp³-hybridized carbons (Fsp3) is 0.350. The van der Waals surface area contributed by atoms with Crippen LogP contribution in [0.25, 0.3) is 0 Å². The van der Waals surface area contributed by atoms with E-state index in [0.717, 1.165) is 31.2 Å².